The molecule has 5 heteroatoms. The lowest BCUT2D eigenvalue weighted by atomic mass is 10.3. The van der Waals surface area contributed by atoms with Crippen molar-refractivity contribution in [1.29, 1.82) is 0 Å². The van der Waals surface area contributed by atoms with E-state index in [1.54, 1.807) is 12.1 Å². The molecule has 0 spiro atoms. The van der Waals surface area contributed by atoms with Crippen molar-refractivity contribution in [3.8, 4) is 5.75 Å². The predicted molar refractivity (Wildman–Crippen MR) is 50.2 cm³/mol. The third-order valence-electron chi connectivity index (χ3n) is 1.54. The van der Waals surface area contributed by atoms with Crippen LogP contribution >= 0.6 is 0 Å². The summed E-state index contributed by atoms with van der Waals surface area (Å²) >= 11 is 0. The molecule has 0 aliphatic carbocycles. The Morgan fingerprint density at radius 2 is 2.29 bits per heavy atom. The van der Waals surface area contributed by atoms with Gasteiger partial charge in [-0.1, -0.05) is 6.07 Å². The van der Waals surface area contributed by atoms with Crippen LogP contribution in [-0.4, -0.2) is 18.3 Å². The Balaban J connectivity index is 2.59. The summed E-state index contributed by atoms with van der Waals surface area (Å²) in [6, 6.07) is 5.98. The molecule has 76 valence electrons. The predicted octanol–water partition coefficient (Wildman–Crippen LogP) is 1.97. The standard InChI is InChI=1S/C9H11NO4/c1-2-13-7-14-9-5-3-4-8(6-9)10(11)12/h3-6H,2,7H2,1H3. The minimum Gasteiger partial charge on any atom is -0.467 e. The van der Waals surface area contributed by atoms with Crippen LogP contribution in [0.3, 0.4) is 0 Å². The maximum Gasteiger partial charge on any atom is 0.273 e. The Morgan fingerprint density at radius 1 is 1.50 bits per heavy atom. The highest BCUT2D eigenvalue weighted by Crippen LogP contribution is 2.18. The Kier molecular flexibility index (Phi) is 3.87. The molecule has 0 saturated heterocycles. The van der Waals surface area contributed by atoms with Gasteiger partial charge in [0.25, 0.3) is 5.69 Å². The van der Waals surface area contributed by atoms with Gasteiger partial charge in [0.1, 0.15) is 5.75 Å². The molecule has 0 fully saturated rings. The number of nitro benzene ring substituents is 1. The zero-order chi connectivity index (χ0) is 10.4. The smallest absolute Gasteiger partial charge is 0.273 e. The quantitative estimate of drug-likeness (QED) is 0.313. The third kappa shape index (κ3) is 3.02. The van der Waals surface area contributed by atoms with Crippen molar-refractivity contribution in [3.05, 3.63) is 34.4 Å². The van der Waals surface area contributed by atoms with Crippen molar-refractivity contribution in [2.24, 2.45) is 0 Å². The zero-order valence-electron chi connectivity index (χ0n) is 7.80. The second-order valence-corrected chi connectivity index (χ2v) is 2.51. The van der Waals surface area contributed by atoms with Crippen molar-refractivity contribution >= 4 is 5.69 Å². The van der Waals surface area contributed by atoms with Crippen LogP contribution in [0.4, 0.5) is 5.69 Å². The van der Waals surface area contributed by atoms with E-state index in [4.69, 9.17) is 9.47 Å². The van der Waals surface area contributed by atoms with Gasteiger partial charge in [-0.2, -0.15) is 0 Å². The van der Waals surface area contributed by atoms with Gasteiger partial charge in [0.05, 0.1) is 11.0 Å². The van der Waals surface area contributed by atoms with Crippen LogP contribution in [0.5, 0.6) is 5.75 Å². The molecule has 1 aromatic carbocycles. The van der Waals surface area contributed by atoms with Crippen LogP contribution in [-0.2, 0) is 4.74 Å². The van der Waals surface area contributed by atoms with Gasteiger partial charge in [0.15, 0.2) is 6.79 Å². The molecular formula is C9H11NO4. The Morgan fingerprint density at radius 3 is 2.93 bits per heavy atom. The van der Waals surface area contributed by atoms with Gasteiger partial charge >= 0.3 is 0 Å². The van der Waals surface area contributed by atoms with Crippen molar-refractivity contribution in [3.63, 3.8) is 0 Å². The number of nitro groups is 1. The molecule has 1 rings (SSSR count). The summed E-state index contributed by atoms with van der Waals surface area (Å²) in [5.74, 6) is 0.438. The van der Waals surface area contributed by atoms with Crippen molar-refractivity contribution in [2.45, 2.75) is 6.92 Å². The normalized spacial score (nSPS) is 9.79. The average Bonchev–Trinajstić information content (AvgIpc) is 2.19. The maximum absolute atomic E-state index is 10.4. The molecule has 1 aromatic rings. The highest BCUT2D eigenvalue weighted by atomic mass is 16.7. The number of benzene rings is 1. The summed E-state index contributed by atoms with van der Waals surface area (Å²) < 4.78 is 10.1. The van der Waals surface area contributed by atoms with Gasteiger partial charge in [-0.3, -0.25) is 10.1 Å². The lowest BCUT2D eigenvalue weighted by Gasteiger charge is -2.04. The molecule has 0 aliphatic rings. The summed E-state index contributed by atoms with van der Waals surface area (Å²) in [5.41, 5.74) is 0.0130. The van der Waals surface area contributed by atoms with Crippen LogP contribution in [0.15, 0.2) is 24.3 Å². The molecular weight excluding hydrogens is 186 g/mol. The van der Waals surface area contributed by atoms with Gasteiger partial charge in [0, 0.05) is 12.7 Å². The fourth-order valence-corrected chi connectivity index (χ4v) is 0.880. The lowest BCUT2D eigenvalue weighted by molar-refractivity contribution is -0.385. The number of rotatable bonds is 5. The molecule has 5 nitrogen and oxygen atoms in total. The summed E-state index contributed by atoms with van der Waals surface area (Å²) in [6.45, 7) is 2.50. The Bertz CT molecular complexity index is 313. The minimum absolute atomic E-state index is 0.0130. The first-order valence-electron chi connectivity index (χ1n) is 4.19. The molecule has 0 atom stereocenters. The van der Waals surface area contributed by atoms with Crippen LogP contribution < -0.4 is 4.74 Å². The average molecular weight is 197 g/mol. The van der Waals surface area contributed by atoms with E-state index < -0.39 is 4.92 Å². The van der Waals surface area contributed by atoms with Gasteiger partial charge in [-0.25, -0.2) is 0 Å². The summed E-state index contributed by atoms with van der Waals surface area (Å²) in [7, 11) is 0. The summed E-state index contributed by atoms with van der Waals surface area (Å²) in [5, 5.41) is 10.4. The van der Waals surface area contributed by atoms with Gasteiger partial charge in [-0.05, 0) is 13.0 Å². The molecule has 0 heterocycles. The van der Waals surface area contributed by atoms with Gasteiger partial charge < -0.3 is 9.47 Å². The van der Waals surface area contributed by atoms with E-state index in [0.717, 1.165) is 0 Å². The van der Waals surface area contributed by atoms with E-state index in [-0.39, 0.29) is 12.5 Å². The van der Waals surface area contributed by atoms with E-state index >= 15 is 0 Å². The van der Waals surface area contributed by atoms with E-state index in [2.05, 4.69) is 0 Å². The third-order valence-corrected chi connectivity index (χ3v) is 1.54. The van der Waals surface area contributed by atoms with Gasteiger partial charge in [0.2, 0.25) is 0 Å². The molecule has 0 unspecified atom stereocenters. The summed E-state index contributed by atoms with van der Waals surface area (Å²) in [4.78, 5) is 9.94. The SMILES string of the molecule is CCOCOc1cccc([N+](=O)[O-])c1. The van der Waals surface area contributed by atoms with Crippen LogP contribution in [0.25, 0.3) is 0 Å². The molecule has 0 saturated carbocycles. The number of nitrogens with zero attached hydrogens (tertiary/aromatic N) is 1. The zero-order valence-corrected chi connectivity index (χ0v) is 7.80. The Hall–Kier alpha value is -1.62. The van der Waals surface area contributed by atoms with Crippen LogP contribution in [0.1, 0.15) is 6.92 Å². The first kappa shape index (κ1) is 10.5. The van der Waals surface area contributed by atoms with Crippen LogP contribution in [0, 0.1) is 10.1 Å². The molecule has 0 bridgehead atoms. The summed E-state index contributed by atoms with van der Waals surface area (Å²) in [6.07, 6.45) is 0. The number of hydrogen-bond acceptors (Lipinski definition) is 4. The van der Waals surface area contributed by atoms with Crippen LogP contribution in [0.2, 0.25) is 0 Å². The van der Waals surface area contributed by atoms with Gasteiger partial charge in [-0.15, -0.1) is 0 Å². The topological polar surface area (TPSA) is 61.6 Å². The second-order valence-electron chi connectivity index (χ2n) is 2.51. The van der Waals surface area contributed by atoms with Crippen molar-refractivity contribution in [2.75, 3.05) is 13.4 Å². The fraction of sp³-hybridized carbons (Fsp3) is 0.333. The number of non-ortho nitro benzene ring substituents is 1. The largest absolute Gasteiger partial charge is 0.467 e. The molecule has 14 heavy (non-hydrogen) atoms. The fourth-order valence-electron chi connectivity index (χ4n) is 0.880. The van der Waals surface area contributed by atoms with E-state index in [9.17, 15) is 10.1 Å². The highest BCUT2D eigenvalue weighted by molar-refractivity contribution is 5.37. The lowest BCUT2D eigenvalue weighted by Crippen LogP contribution is -2.02. The first-order chi connectivity index (χ1) is 6.74. The molecule has 0 aliphatic heterocycles. The maximum atomic E-state index is 10.4. The second kappa shape index (κ2) is 5.18. The van der Waals surface area contributed by atoms with E-state index in [1.165, 1.54) is 12.1 Å². The van der Waals surface area contributed by atoms with E-state index in [1.807, 2.05) is 6.92 Å². The number of ether oxygens (including phenoxy) is 2. The Labute approximate surface area is 81.4 Å². The molecule has 0 radical (unpaired) electrons. The number of hydrogen-bond donors (Lipinski definition) is 0. The minimum atomic E-state index is -0.465. The van der Waals surface area contributed by atoms with Crippen molar-refractivity contribution < 1.29 is 14.4 Å². The first-order valence-corrected chi connectivity index (χ1v) is 4.19. The highest BCUT2D eigenvalue weighted by Gasteiger charge is 2.05. The van der Waals surface area contributed by atoms with E-state index in [0.29, 0.717) is 12.4 Å². The molecule has 0 N–H and O–H groups in total. The molecule has 0 aromatic heterocycles. The monoisotopic (exact) mass is 197 g/mol. The van der Waals surface area contributed by atoms with Crippen molar-refractivity contribution in [1.82, 2.24) is 0 Å². The molecule has 0 amide bonds.